The van der Waals surface area contributed by atoms with Gasteiger partial charge in [-0.05, 0) is 40.5 Å². The number of thiophene rings is 2. The molecule has 1 unspecified atom stereocenters. The molecule has 0 bridgehead atoms. The molecule has 4 N–H and O–H groups in total. The first-order valence-corrected chi connectivity index (χ1v) is 9.76. The van der Waals surface area contributed by atoms with Gasteiger partial charge < -0.3 is 16.0 Å². The van der Waals surface area contributed by atoms with Crippen LogP contribution in [0.25, 0.3) is 0 Å². The number of anilines is 1. The van der Waals surface area contributed by atoms with Crippen molar-refractivity contribution in [3.63, 3.8) is 0 Å². The van der Waals surface area contributed by atoms with Crippen molar-refractivity contribution in [2.24, 2.45) is 5.73 Å². The fraction of sp³-hybridized carbons (Fsp3) is 0.333. The maximum Gasteiger partial charge on any atom is 0.266 e. The second-order valence-electron chi connectivity index (χ2n) is 5.41. The number of hydrogen-bond donors (Lipinski definition) is 3. The Balaban J connectivity index is 1.91. The van der Waals surface area contributed by atoms with Crippen LogP contribution in [0.3, 0.4) is 0 Å². The van der Waals surface area contributed by atoms with Crippen molar-refractivity contribution in [2.75, 3.05) is 18.4 Å². The van der Waals surface area contributed by atoms with Crippen LogP contribution >= 0.6 is 38.6 Å². The third kappa shape index (κ3) is 3.35. The summed E-state index contributed by atoms with van der Waals surface area (Å²) in [5.41, 5.74) is 7.08. The largest absolute Gasteiger partial charge is 0.365 e. The Kier molecular flexibility index (Phi) is 4.86. The van der Waals surface area contributed by atoms with Crippen LogP contribution < -0.4 is 16.0 Å². The molecule has 0 radical (unpaired) electrons. The highest BCUT2D eigenvalue weighted by Gasteiger charge is 2.29. The van der Waals surface area contributed by atoms with Crippen LogP contribution in [0.1, 0.15) is 37.4 Å². The van der Waals surface area contributed by atoms with Crippen LogP contribution in [-0.2, 0) is 13.0 Å². The molecule has 0 aliphatic carbocycles. The van der Waals surface area contributed by atoms with Gasteiger partial charge in [-0.25, -0.2) is 0 Å². The summed E-state index contributed by atoms with van der Waals surface area (Å²) in [5, 5.41) is 3.45. The van der Waals surface area contributed by atoms with Crippen LogP contribution in [0, 0.1) is 0 Å². The standard InChI is InChI=1S/C15H16BrN3O2S2/c1-2-19-6-5-8-10(7-19)23-15(12(8)13(17)20)18-14(21)9-3-4-11(16)22-9/h3-4H,2,5-7H2,1H3,(H2,17,20)(H,18,21)/p+1. The minimum atomic E-state index is -0.467. The van der Waals surface area contributed by atoms with Crippen molar-refractivity contribution in [1.82, 2.24) is 0 Å². The van der Waals surface area contributed by atoms with Gasteiger partial charge in [0.25, 0.3) is 11.8 Å². The predicted molar refractivity (Wildman–Crippen MR) is 96.6 cm³/mol. The van der Waals surface area contributed by atoms with Crippen molar-refractivity contribution in [3.8, 4) is 0 Å². The van der Waals surface area contributed by atoms with Gasteiger partial charge in [-0.15, -0.1) is 22.7 Å². The average molecular weight is 415 g/mol. The highest BCUT2D eigenvalue weighted by molar-refractivity contribution is 9.11. The molecule has 0 fully saturated rings. The lowest BCUT2D eigenvalue weighted by atomic mass is 10.0. The number of amides is 2. The van der Waals surface area contributed by atoms with Crippen LogP contribution in [0.4, 0.5) is 5.00 Å². The number of likely N-dealkylation sites (N-methyl/N-ethyl adjacent to an activating group) is 1. The van der Waals surface area contributed by atoms with Crippen LogP contribution in [-0.4, -0.2) is 24.9 Å². The highest BCUT2D eigenvalue weighted by Crippen LogP contribution is 2.35. The molecule has 2 amide bonds. The van der Waals surface area contributed by atoms with E-state index in [4.69, 9.17) is 5.73 Å². The summed E-state index contributed by atoms with van der Waals surface area (Å²) in [6.07, 6.45) is 0.827. The van der Waals surface area contributed by atoms with Crippen molar-refractivity contribution < 1.29 is 14.5 Å². The predicted octanol–water partition coefficient (Wildman–Crippen LogP) is 1.88. The summed E-state index contributed by atoms with van der Waals surface area (Å²) in [4.78, 5) is 27.5. The zero-order valence-electron chi connectivity index (χ0n) is 12.6. The fourth-order valence-corrected chi connectivity index (χ4v) is 5.39. The van der Waals surface area contributed by atoms with Gasteiger partial charge >= 0.3 is 0 Å². The maximum absolute atomic E-state index is 12.4. The maximum atomic E-state index is 12.4. The van der Waals surface area contributed by atoms with Gasteiger partial charge in [-0.1, -0.05) is 0 Å². The fourth-order valence-electron chi connectivity index (χ4n) is 2.79. The molecule has 2 aromatic heterocycles. The SMILES string of the molecule is CC[NH+]1CCc2c(sc(NC(=O)c3ccc(Br)s3)c2C(N)=O)C1. The van der Waals surface area contributed by atoms with Crippen molar-refractivity contribution in [3.05, 3.63) is 36.8 Å². The van der Waals surface area contributed by atoms with Gasteiger partial charge in [0.15, 0.2) is 0 Å². The van der Waals surface area contributed by atoms with Crippen LogP contribution in [0.15, 0.2) is 15.9 Å². The summed E-state index contributed by atoms with van der Waals surface area (Å²) in [5.74, 6) is -0.674. The molecule has 5 nitrogen and oxygen atoms in total. The van der Waals surface area contributed by atoms with E-state index in [2.05, 4.69) is 28.2 Å². The number of rotatable bonds is 4. The lowest BCUT2D eigenvalue weighted by Gasteiger charge is -2.22. The molecular weight excluding hydrogens is 398 g/mol. The van der Waals surface area contributed by atoms with E-state index in [-0.39, 0.29) is 5.91 Å². The summed E-state index contributed by atoms with van der Waals surface area (Å²) in [6, 6.07) is 3.58. The number of nitrogens with two attached hydrogens (primary N) is 1. The van der Waals surface area contributed by atoms with Gasteiger partial charge in [0.2, 0.25) is 0 Å². The van der Waals surface area contributed by atoms with Crippen LogP contribution in [0.5, 0.6) is 0 Å². The number of halogens is 1. The number of fused-ring (bicyclic) bond motifs is 1. The first-order chi connectivity index (χ1) is 11.0. The van der Waals surface area contributed by atoms with Gasteiger partial charge in [0.1, 0.15) is 11.5 Å². The van der Waals surface area contributed by atoms with Gasteiger partial charge in [-0.2, -0.15) is 0 Å². The van der Waals surface area contributed by atoms with Crippen LogP contribution in [0.2, 0.25) is 0 Å². The molecule has 1 aliphatic rings. The molecule has 122 valence electrons. The smallest absolute Gasteiger partial charge is 0.266 e. The molecule has 3 heterocycles. The molecule has 2 aromatic rings. The summed E-state index contributed by atoms with van der Waals surface area (Å²) < 4.78 is 0.894. The Morgan fingerprint density at radius 2 is 2.17 bits per heavy atom. The first kappa shape index (κ1) is 16.6. The van der Waals surface area contributed by atoms with E-state index < -0.39 is 5.91 Å². The quantitative estimate of drug-likeness (QED) is 0.714. The monoisotopic (exact) mass is 414 g/mol. The molecule has 0 saturated heterocycles. The van der Waals surface area contributed by atoms with Crippen molar-refractivity contribution >= 4 is 55.4 Å². The number of quaternary nitrogens is 1. The molecule has 0 saturated carbocycles. The molecule has 8 heteroatoms. The number of nitrogens with one attached hydrogen (secondary N) is 2. The number of hydrogen-bond acceptors (Lipinski definition) is 4. The van der Waals surface area contributed by atoms with E-state index in [1.54, 1.807) is 6.07 Å². The molecule has 0 aromatic carbocycles. The number of primary amides is 1. The minimum absolute atomic E-state index is 0.207. The molecule has 0 spiro atoms. The Bertz CT molecular complexity index is 769. The van der Waals surface area contributed by atoms with E-state index in [1.807, 2.05) is 6.07 Å². The Morgan fingerprint density at radius 1 is 1.39 bits per heavy atom. The number of carbonyl (C=O) groups is 2. The lowest BCUT2D eigenvalue weighted by molar-refractivity contribution is -0.913. The van der Waals surface area contributed by atoms with Gasteiger partial charge in [0.05, 0.1) is 32.2 Å². The second kappa shape index (κ2) is 6.72. The Morgan fingerprint density at radius 3 is 2.78 bits per heavy atom. The van der Waals surface area contributed by atoms with E-state index >= 15 is 0 Å². The Labute approximate surface area is 150 Å². The number of carbonyl (C=O) groups excluding carboxylic acids is 2. The third-order valence-electron chi connectivity index (χ3n) is 4.00. The van der Waals surface area contributed by atoms with E-state index in [9.17, 15) is 9.59 Å². The lowest BCUT2D eigenvalue weighted by Crippen LogP contribution is -3.11. The highest BCUT2D eigenvalue weighted by atomic mass is 79.9. The molecule has 23 heavy (non-hydrogen) atoms. The van der Waals surface area contributed by atoms with Crippen molar-refractivity contribution in [2.45, 2.75) is 19.9 Å². The van der Waals surface area contributed by atoms with E-state index in [1.165, 1.54) is 27.6 Å². The molecule has 1 aliphatic heterocycles. The van der Waals surface area contributed by atoms with E-state index in [0.717, 1.165) is 40.3 Å². The molecule has 1 atom stereocenters. The minimum Gasteiger partial charge on any atom is -0.365 e. The first-order valence-electron chi connectivity index (χ1n) is 7.34. The molecular formula is C15H17BrN3O2S2+. The zero-order valence-corrected chi connectivity index (χ0v) is 15.8. The second-order valence-corrected chi connectivity index (χ2v) is 8.98. The van der Waals surface area contributed by atoms with Crippen molar-refractivity contribution in [1.29, 1.82) is 0 Å². The molecule has 3 rings (SSSR count). The summed E-state index contributed by atoms with van der Waals surface area (Å²) >= 11 is 6.18. The zero-order chi connectivity index (χ0) is 16.6. The normalized spacial score (nSPS) is 16.9. The van der Waals surface area contributed by atoms with Gasteiger partial charge in [-0.3, -0.25) is 9.59 Å². The topological polar surface area (TPSA) is 76.6 Å². The van der Waals surface area contributed by atoms with Gasteiger partial charge in [0, 0.05) is 6.42 Å². The Hall–Kier alpha value is -1.22. The third-order valence-corrected chi connectivity index (χ3v) is 6.77. The summed E-state index contributed by atoms with van der Waals surface area (Å²) in [6.45, 7) is 5.08. The average Bonchev–Trinajstić information content (AvgIpc) is 3.09. The van der Waals surface area contributed by atoms with E-state index in [0.29, 0.717) is 15.4 Å². The summed E-state index contributed by atoms with van der Waals surface area (Å²) in [7, 11) is 0.